The predicted molar refractivity (Wildman–Crippen MR) is 56.1 cm³/mol. The number of aromatic nitrogens is 2. The molecule has 0 spiro atoms. The summed E-state index contributed by atoms with van der Waals surface area (Å²) in [6.45, 7) is 6.34. The first-order valence-corrected chi connectivity index (χ1v) is 5.07. The molecule has 1 heterocycles. The second-order valence-electron chi connectivity index (χ2n) is 3.42. The molecule has 4 nitrogen and oxygen atoms in total. The molecule has 0 amide bonds. The summed E-state index contributed by atoms with van der Waals surface area (Å²) in [5.41, 5.74) is 5.72. The quantitative estimate of drug-likeness (QED) is 0.687. The molecule has 0 saturated carbocycles. The van der Waals surface area contributed by atoms with Crippen LogP contribution in [0.25, 0.3) is 0 Å². The van der Waals surface area contributed by atoms with Gasteiger partial charge in [0.1, 0.15) is 5.82 Å². The molecule has 1 rings (SSSR count). The molecule has 0 aromatic carbocycles. The second-order valence-corrected chi connectivity index (χ2v) is 3.42. The van der Waals surface area contributed by atoms with Crippen LogP contribution in [-0.4, -0.2) is 28.8 Å². The summed E-state index contributed by atoms with van der Waals surface area (Å²) >= 11 is 0. The van der Waals surface area contributed by atoms with Gasteiger partial charge in [-0.2, -0.15) is 0 Å². The van der Waals surface area contributed by atoms with Crippen LogP contribution in [0.1, 0.15) is 19.7 Å². The Kier molecular flexibility index (Phi) is 4.62. The summed E-state index contributed by atoms with van der Waals surface area (Å²) in [6, 6.07) is 0.156. The molecule has 80 valence electrons. The Morgan fingerprint density at radius 3 is 3.07 bits per heavy atom. The maximum absolute atomic E-state index is 5.72. The highest BCUT2D eigenvalue weighted by Gasteiger charge is 2.04. The van der Waals surface area contributed by atoms with Gasteiger partial charge in [0.05, 0.1) is 6.61 Å². The Bertz CT molecular complexity index is 258. The second kappa shape index (κ2) is 5.78. The molecule has 0 fully saturated rings. The van der Waals surface area contributed by atoms with Crippen LogP contribution in [0.3, 0.4) is 0 Å². The van der Waals surface area contributed by atoms with Crippen molar-refractivity contribution in [1.82, 2.24) is 9.55 Å². The van der Waals surface area contributed by atoms with E-state index in [9.17, 15) is 0 Å². The van der Waals surface area contributed by atoms with Crippen molar-refractivity contribution in [2.24, 2.45) is 5.73 Å². The fourth-order valence-corrected chi connectivity index (χ4v) is 1.33. The summed E-state index contributed by atoms with van der Waals surface area (Å²) < 4.78 is 7.38. The summed E-state index contributed by atoms with van der Waals surface area (Å²) in [7, 11) is 0. The number of nitrogens with zero attached hydrogens (tertiary/aromatic N) is 2. The van der Waals surface area contributed by atoms with Crippen molar-refractivity contribution in [2.45, 2.75) is 32.9 Å². The van der Waals surface area contributed by atoms with E-state index in [1.54, 1.807) is 0 Å². The molecule has 0 aliphatic rings. The van der Waals surface area contributed by atoms with Crippen molar-refractivity contribution in [3.8, 4) is 0 Å². The van der Waals surface area contributed by atoms with Crippen molar-refractivity contribution in [3.63, 3.8) is 0 Å². The largest absolute Gasteiger partial charge is 0.380 e. The molecule has 0 saturated heterocycles. The molecule has 14 heavy (non-hydrogen) atoms. The van der Waals surface area contributed by atoms with Gasteiger partial charge in [0, 0.05) is 38.0 Å². The van der Waals surface area contributed by atoms with E-state index in [2.05, 4.69) is 9.55 Å². The molecule has 2 N–H and O–H groups in total. The van der Waals surface area contributed by atoms with Crippen molar-refractivity contribution in [1.29, 1.82) is 0 Å². The van der Waals surface area contributed by atoms with Gasteiger partial charge in [-0.25, -0.2) is 4.98 Å². The maximum atomic E-state index is 5.72. The number of imidazole rings is 1. The summed E-state index contributed by atoms with van der Waals surface area (Å²) in [5.74, 6) is 1.04. The summed E-state index contributed by atoms with van der Waals surface area (Å²) in [6.07, 6.45) is 4.60. The zero-order valence-electron chi connectivity index (χ0n) is 8.94. The minimum absolute atomic E-state index is 0.156. The lowest BCUT2D eigenvalue weighted by Crippen LogP contribution is -2.21. The summed E-state index contributed by atoms with van der Waals surface area (Å²) in [4.78, 5) is 4.26. The maximum Gasteiger partial charge on any atom is 0.110 e. The van der Waals surface area contributed by atoms with Crippen LogP contribution in [0.5, 0.6) is 0 Å². The highest BCUT2D eigenvalue weighted by molar-refractivity contribution is 4.94. The number of hydrogen-bond acceptors (Lipinski definition) is 3. The van der Waals surface area contributed by atoms with Gasteiger partial charge < -0.3 is 15.0 Å². The van der Waals surface area contributed by atoms with E-state index < -0.39 is 0 Å². The fourth-order valence-electron chi connectivity index (χ4n) is 1.33. The zero-order chi connectivity index (χ0) is 10.4. The van der Waals surface area contributed by atoms with Crippen molar-refractivity contribution in [3.05, 3.63) is 18.2 Å². The SMILES string of the molecule is CCOCCn1ccnc1CC(C)N. The van der Waals surface area contributed by atoms with E-state index >= 15 is 0 Å². The van der Waals surface area contributed by atoms with E-state index in [0.717, 1.165) is 32.0 Å². The molecule has 0 aliphatic heterocycles. The van der Waals surface area contributed by atoms with Crippen molar-refractivity contribution >= 4 is 0 Å². The van der Waals surface area contributed by atoms with Crippen LogP contribution in [-0.2, 0) is 17.7 Å². The molecule has 1 aromatic heterocycles. The van der Waals surface area contributed by atoms with E-state index in [4.69, 9.17) is 10.5 Å². The molecule has 0 aliphatic carbocycles. The minimum atomic E-state index is 0.156. The van der Waals surface area contributed by atoms with Crippen LogP contribution >= 0.6 is 0 Å². The first-order chi connectivity index (χ1) is 6.74. The molecular formula is C10H19N3O. The van der Waals surface area contributed by atoms with Gasteiger partial charge in [-0.3, -0.25) is 0 Å². The monoisotopic (exact) mass is 197 g/mol. The standard InChI is InChI=1S/C10H19N3O/c1-3-14-7-6-13-5-4-12-10(13)8-9(2)11/h4-5,9H,3,6-8,11H2,1-2H3. The van der Waals surface area contributed by atoms with E-state index in [-0.39, 0.29) is 6.04 Å². The average Bonchev–Trinajstić information content (AvgIpc) is 2.52. The lowest BCUT2D eigenvalue weighted by Gasteiger charge is -2.09. The number of nitrogens with two attached hydrogens (primary N) is 1. The normalized spacial score (nSPS) is 13.1. The third kappa shape index (κ3) is 3.47. The van der Waals surface area contributed by atoms with Gasteiger partial charge in [-0.1, -0.05) is 0 Å². The molecular weight excluding hydrogens is 178 g/mol. The van der Waals surface area contributed by atoms with Crippen LogP contribution in [0.2, 0.25) is 0 Å². The molecule has 1 atom stereocenters. The van der Waals surface area contributed by atoms with Gasteiger partial charge in [0.2, 0.25) is 0 Å². The van der Waals surface area contributed by atoms with E-state index in [0.29, 0.717) is 0 Å². The Morgan fingerprint density at radius 2 is 2.43 bits per heavy atom. The Hall–Kier alpha value is -0.870. The lowest BCUT2D eigenvalue weighted by molar-refractivity contribution is 0.138. The molecule has 1 aromatic rings. The molecule has 0 radical (unpaired) electrons. The third-order valence-corrected chi connectivity index (χ3v) is 1.99. The van der Waals surface area contributed by atoms with Gasteiger partial charge in [0.15, 0.2) is 0 Å². The van der Waals surface area contributed by atoms with Crippen LogP contribution < -0.4 is 5.73 Å². The average molecular weight is 197 g/mol. The number of rotatable bonds is 6. The Morgan fingerprint density at radius 1 is 1.64 bits per heavy atom. The third-order valence-electron chi connectivity index (χ3n) is 1.99. The molecule has 4 heteroatoms. The van der Waals surface area contributed by atoms with Crippen LogP contribution in [0.4, 0.5) is 0 Å². The highest BCUT2D eigenvalue weighted by atomic mass is 16.5. The van der Waals surface area contributed by atoms with E-state index in [1.165, 1.54) is 0 Å². The van der Waals surface area contributed by atoms with Crippen LogP contribution in [0, 0.1) is 0 Å². The zero-order valence-corrected chi connectivity index (χ0v) is 8.94. The fraction of sp³-hybridized carbons (Fsp3) is 0.700. The first-order valence-electron chi connectivity index (χ1n) is 5.07. The topological polar surface area (TPSA) is 53.1 Å². The predicted octanol–water partition coefficient (Wildman–Crippen LogP) is 0.809. The van der Waals surface area contributed by atoms with Crippen molar-refractivity contribution < 1.29 is 4.74 Å². The van der Waals surface area contributed by atoms with Gasteiger partial charge in [0.25, 0.3) is 0 Å². The van der Waals surface area contributed by atoms with Gasteiger partial charge >= 0.3 is 0 Å². The number of hydrogen-bond donors (Lipinski definition) is 1. The Balaban J connectivity index is 2.45. The first kappa shape index (κ1) is 11.2. The summed E-state index contributed by atoms with van der Waals surface area (Å²) in [5, 5.41) is 0. The van der Waals surface area contributed by atoms with Crippen LogP contribution in [0.15, 0.2) is 12.4 Å². The minimum Gasteiger partial charge on any atom is -0.380 e. The smallest absolute Gasteiger partial charge is 0.110 e. The van der Waals surface area contributed by atoms with Gasteiger partial charge in [-0.15, -0.1) is 0 Å². The van der Waals surface area contributed by atoms with Gasteiger partial charge in [-0.05, 0) is 13.8 Å². The molecule has 0 bridgehead atoms. The van der Waals surface area contributed by atoms with Crippen molar-refractivity contribution in [2.75, 3.05) is 13.2 Å². The Labute approximate surface area is 85.1 Å². The molecule has 1 unspecified atom stereocenters. The highest BCUT2D eigenvalue weighted by Crippen LogP contribution is 2.00. The number of ether oxygens (including phenoxy) is 1. The van der Waals surface area contributed by atoms with E-state index in [1.807, 2.05) is 26.2 Å². The lowest BCUT2D eigenvalue weighted by atomic mass is 10.2.